The van der Waals surface area contributed by atoms with Crippen LogP contribution >= 0.6 is 0 Å². The summed E-state index contributed by atoms with van der Waals surface area (Å²) in [6, 6.07) is 4.91. The first-order chi connectivity index (χ1) is 14.6. The molecule has 2 fully saturated rings. The molecule has 0 radical (unpaired) electrons. The van der Waals surface area contributed by atoms with Gasteiger partial charge in [-0.15, -0.1) is 0 Å². The van der Waals surface area contributed by atoms with Gasteiger partial charge in [-0.05, 0) is 19.1 Å². The van der Waals surface area contributed by atoms with Gasteiger partial charge >= 0.3 is 0 Å². The number of benzene rings is 1. The molecular formula is C18H25NO12. The summed E-state index contributed by atoms with van der Waals surface area (Å²) >= 11 is 0. The lowest BCUT2D eigenvalue weighted by Crippen LogP contribution is -2.64. The second-order valence-corrected chi connectivity index (χ2v) is 7.36. The predicted molar refractivity (Wildman–Crippen MR) is 98.7 cm³/mol. The highest BCUT2D eigenvalue weighted by Crippen LogP contribution is 2.31. The maximum Gasteiger partial charge on any atom is 0.269 e. The highest BCUT2D eigenvalue weighted by Gasteiger charge is 2.50. The van der Waals surface area contributed by atoms with Crippen molar-refractivity contribution < 1.29 is 54.5 Å². The quantitative estimate of drug-likeness (QED) is 0.200. The average Bonchev–Trinajstić information content (AvgIpc) is 2.75. The van der Waals surface area contributed by atoms with Crippen molar-refractivity contribution in [2.75, 3.05) is 6.61 Å². The Morgan fingerprint density at radius 1 is 0.935 bits per heavy atom. The smallest absolute Gasteiger partial charge is 0.269 e. The molecule has 174 valence electrons. The summed E-state index contributed by atoms with van der Waals surface area (Å²) in [5.74, 6) is 0.0958. The second-order valence-electron chi connectivity index (χ2n) is 7.36. The van der Waals surface area contributed by atoms with E-state index in [0.717, 1.165) is 0 Å². The van der Waals surface area contributed by atoms with Crippen LogP contribution in [0.1, 0.15) is 6.92 Å². The van der Waals surface area contributed by atoms with Crippen LogP contribution in [0.5, 0.6) is 5.75 Å². The summed E-state index contributed by atoms with van der Waals surface area (Å²) in [5.41, 5.74) is -0.186. The van der Waals surface area contributed by atoms with E-state index in [1.807, 2.05) is 0 Å². The molecule has 3 rings (SSSR count). The van der Waals surface area contributed by atoms with Crippen LogP contribution in [-0.4, -0.2) is 104 Å². The van der Waals surface area contributed by atoms with Crippen molar-refractivity contribution in [3.63, 3.8) is 0 Å². The van der Waals surface area contributed by atoms with Gasteiger partial charge in [0.15, 0.2) is 12.4 Å². The predicted octanol–water partition coefficient (Wildman–Crippen LogP) is -2.37. The van der Waals surface area contributed by atoms with E-state index in [9.17, 15) is 40.8 Å². The first-order valence-electron chi connectivity index (χ1n) is 9.52. The Bertz CT molecular complexity index is 748. The number of nitro benzene ring substituents is 1. The van der Waals surface area contributed by atoms with Gasteiger partial charge < -0.3 is 49.6 Å². The fourth-order valence-corrected chi connectivity index (χ4v) is 3.36. The average molecular weight is 447 g/mol. The molecule has 0 aromatic heterocycles. The molecule has 31 heavy (non-hydrogen) atoms. The minimum atomic E-state index is -1.69. The molecule has 10 atom stereocenters. The van der Waals surface area contributed by atoms with Gasteiger partial charge in [0.2, 0.25) is 6.29 Å². The third kappa shape index (κ3) is 4.95. The largest absolute Gasteiger partial charge is 0.462 e. The monoisotopic (exact) mass is 447 g/mol. The number of nitro groups is 1. The van der Waals surface area contributed by atoms with E-state index in [2.05, 4.69) is 0 Å². The molecule has 13 heteroatoms. The van der Waals surface area contributed by atoms with E-state index in [1.54, 1.807) is 0 Å². The van der Waals surface area contributed by atoms with E-state index < -0.39 is 72.9 Å². The Kier molecular flexibility index (Phi) is 7.41. The van der Waals surface area contributed by atoms with Crippen molar-refractivity contribution in [3.8, 4) is 5.75 Å². The molecule has 2 saturated heterocycles. The SMILES string of the molecule is C[C@@H]1O[C@@H](O[C@H]2[C@H](Oc3ccc([N+](=O)[O-])cc3)O[C@H](CO)[C@H](O)[C@@H]2O)[C@@H](O)[C@H](O)[C@@H]1O. The van der Waals surface area contributed by atoms with Gasteiger partial charge in [0.05, 0.1) is 17.6 Å². The number of rotatable bonds is 6. The molecule has 2 aliphatic rings. The summed E-state index contributed by atoms with van der Waals surface area (Å²) in [7, 11) is 0. The van der Waals surface area contributed by atoms with Crippen molar-refractivity contribution in [1.82, 2.24) is 0 Å². The van der Waals surface area contributed by atoms with Crippen molar-refractivity contribution in [1.29, 1.82) is 0 Å². The van der Waals surface area contributed by atoms with Gasteiger partial charge in [0.25, 0.3) is 5.69 Å². The third-order valence-corrected chi connectivity index (χ3v) is 5.22. The van der Waals surface area contributed by atoms with Crippen LogP contribution in [0, 0.1) is 10.1 Å². The van der Waals surface area contributed by atoms with Gasteiger partial charge in [-0.25, -0.2) is 0 Å². The first kappa shape index (κ1) is 23.7. The highest BCUT2D eigenvalue weighted by atomic mass is 16.8. The number of aliphatic hydroxyl groups is 6. The molecule has 0 bridgehead atoms. The van der Waals surface area contributed by atoms with Gasteiger partial charge in [-0.2, -0.15) is 0 Å². The van der Waals surface area contributed by atoms with Gasteiger partial charge in [0, 0.05) is 12.1 Å². The highest BCUT2D eigenvalue weighted by molar-refractivity contribution is 5.36. The van der Waals surface area contributed by atoms with Crippen LogP contribution in [0.2, 0.25) is 0 Å². The first-order valence-corrected chi connectivity index (χ1v) is 9.52. The lowest BCUT2D eigenvalue weighted by Gasteiger charge is -2.45. The van der Waals surface area contributed by atoms with Crippen LogP contribution in [0.4, 0.5) is 5.69 Å². The molecule has 2 aliphatic heterocycles. The summed E-state index contributed by atoms with van der Waals surface area (Å²) in [6.45, 7) is 0.779. The molecule has 1 aromatic rings. The zero-order valence-electron chi connectivity index (χ0n) is 16.4. The maximum absolute atomic E-state index is 10.8. The lowest BCUT2D eigenvalue weighted by molar-refractivity contribution is -0.384. The Morgan fingerprint density at radius 3 is 2.16 bits per heavy atom. The Hall–Kier alpha value is -1.94. The number of hydrogen-bond donors (Lipinski definition) is 6. The maximum atomic E-state index is 10.8. The Morgan fingerprint density at radius 2 is 1.58 bits per heavy atom. The van der Waals surface area contributed by atoms with Crippen molar-refractivity contribution in [3.05, 3.63) is 34.4 Å². The number of hydrogen-bond acceptors (Lipinski definition) is 12. The topological polar surface area (TPSA) is 201 Å². The molecule has 0 saturated carbocycles. The van der Waals surface area contributed by atoms with Crippen LogP contribution in [-0.2, 0) is 14.2 Å². The van der Waals surface area contributed by atoms with E-state index in [-0.39, 0.29) is 11.4 Å². The van der Waals surface area contributed by atoms with Crippen molar-refractivity contribution in [2.45, 2.75) is 68.3 Å². The van der Waals surface area contributed by atoms with Gasteiger partial charge in [-0.3, -0.25) is 10.1 Å². The zero-order chi connectivity index (χ0) is 22.9. The molecule has 2 heterocycles. The number of aliphatic hydroxyl groups excluding tert-OH is 6. The summed E-state index contributed by atoms with van der Waals surface area (Å²) in [5, 5.41) is 70.9. The van der Waals surface area contributed by atoms with Gasteiger partial charge in [-0.1, -0.05) is 0 Å². The van der Waals surface area contributed by atoms with Crippen LogP contribution in [0.15, 0.2) is 24.3 Å². The number of non-ortho nitro benzene ring substituents is 1. The summed E-state index contributed by atoms with van der Waals surface area (Å²) in [6.07, 6.45) is -14.5. The van der Waals surface area contributed by atoms with Crippen LogP contribution in [0.3, 0.4) is 0 Å². The van der Waals surface area contributed by atoms with E-state index >= 15 is 0 Å². The normalized spacial score (nSPS) is 41.0. The van der Waals surface area contributed by atoms with Crippen molar-refractivity contribution >= 4 is 5.69 Å². The summed E-state index contributed by atoms with van der Waals surface area (Å²) < 4.78 is 22.0. The molecule has 0 spiro atoms. The second kappa shape index (κ2) is 9.68. The molecule has 0 aliphatic carbocycles. The van der Waals surface area contributed by atoms with E-state index in [4.69, 9.17) is 18.9 Å². The van der Waals surface area contributed by atoms with E-state index in [0.29, 0.717) is 0 Å². The Labute approximate surface area is 176 Å². The van der Waals surface area contributed by atoms with Crippen LogP contribution < -0.4 is 4.74 Å². The molecular weight excluding hydrogens is 422 g/mol. The molecule has 13 nitrogen and oxygen atoms in total. The Balaban J connectivity index is 1.81. The molecule has 6 N–H and O–H groups in total. The fraction of sp³-hybridized carbons (Fsp3) is 0.667. The number of ether oxygens (including phenoxy) is 4. The number of nitrogens with zero attached hydrogens (tertiary/aromatic N) is 1. The molecule has 0 amide bonds. The zero-order valence-corrected chi connectivity index (χ0v) is 16.4. The molecule has 0 unspecified atom stereocenters. The summed E-state index contributed by atoms with van der Waals surface area (Å²) in [4.78, 5) is 10.2. The van der Waals surface area contributed by atoms with E-state index in [1.165, 1.54) is 31.2 Å². The standard InChI is InChI=1S/C18H25NO12/c1-7-11(21)13(23)15(25)17(28-7)31-16-14(24)12(22)10(6-20)30-18(16)29-9-4-2-8(3-5-9)19(26)27/h2-5,7,10-18,20-25H,6H2,1H3/t7-,10+,11+,12-,13+,14-,15-,16+,17-,18+/m0/s1. The van der Waals surface area contributed by atoms with Crippen LogP contribution in [0.25, 0.3) is 0 Å². The lowest BCUT2D eigenvalue weighted by atomic mass is 9.97. The van der Waals surface area contributed by atoms with Crippen molar-refractivity contribution in [2.24, 2.45) is 0 Å². The van der Waals surface area contributed by atoms with Gasteiger partial charge in [0.1, 0.15) is 42.4 Å². The minimum Gasteiger partial charge on any atom is -0.462 e. The minimum absolute atomic E-state index is 0.0958. The fourth-order valence-electron chi connectivity index (χ4n) is 3.36. The molecule has 1 aromatic carbocycles. The third-order valence-electron chi connectivity index (χ3n) is 5.22.